The molecule has 0 N–H and O–H groups in total. The molecule has 2 aromatic carbocycles. The first-order valence-electron chi connectivity index (χ1n) is 10.5. The fraction of sp³-hybridized carbons (Fsp3) is 0.375. The summed E-state index contributed by atoms with van der Waals surface area (Å²) in [6.07, 6.45) is 0. The molecule has 0 spiro atoms. The summed E-state index contributed by atoms with van der Waals surface area (Å²) in [4.78, 5) is 16.7. The number of sulfonamides is 1. The highest BCUT2D eigenvalue weighted by atomic mass is 32.2. The summed E-state index contributed by atoms with van der Waals surface area (Å²) in [6, 6.07) is 11.4. The largest absolute Gasteiger partial charge is 0.369 e. The number of nitrogens with zero attached hydrogens (tertiary/aromatic N) is 3. The highest BCUT2D eigenvalue weighted by Gasteiger charge is 2.34. The zero-order chi connectivity index (χ0) is 22.5. The number of amides is 1. The number of allylic oxidation sites excluding steroid dienone is 1. The number of aryl methyl sites for hydroxylation is 2. The topological polar surface area (TPSA) is 60.9 Å². The van der Waals surface area contributed by atoms with Crippen LogP contribution in [-0.2, 0) is 14.8 Å². The van der Waals surface area contributed by atoms with Gasteiger partial charge in [0, 0.05) is 50.1 Å². The van der Waals surface area contributed by atoms with E-state index in [4.69, 9.17) is 0 Å². The first kappa shape index (κ1) is 21.6. The molecule has 2 heterocycles. The lowest BCUT2D eigenvalue weighted by Gasteiger charge is -2.36. The van der Waals surface area contributed by atoms with Crippen LogP contribution in [0.15, 0.2) is 46.9 Å². The van der Waals surface area contributed by atoms with Gasteiger partial charge in [0.2, 0.25) is 10.0 Å². The minimum Gasteiger partial charge on any atom is -0.369 e. The minimum absolute atomic E-state index is 0.0910. The van der Waals surface area contributed by atoms with Gasteiger partial charge in [-0.1, -0.05) is 17.7 Å². The first-order valence-corrected chi connectivity index (χ1v) is 12.0. The van der Waals surface area contributed by atoms with E-state index in [2.05, 4.69) is 36.9 Å². The Morgan fingerprint density at radius 2 is 1.58 bits per heavy atom. The Morgan fingerprint density at radius 1 is 0.903 bits per heavy atom. The predicted molar refractivity (Wildman–Crippen MR) is 125 cm³/mol. The van der Waals surface area contributed by atoms with Gasteiger partial charge in [0.05, 0.1) is 10.6 Å². The number of carbonyl (C=O) groups excluding carboxylic acids is 1. The van der Waals surface area contributed by atoms with Crippen molar-refractivity contribution in [3.8, 4) is 0 Å². The van der Waals surface area contributed by atoms with Gasteiger partial charge in [-0.3, -0.25) is 4.79 Å². The molecule has 0 aliphatic carbocycles. The van der Waals surface area contributed by atoms with Crippen molar-refractivity contribution >= 4 is 32.9 Å². The third-order valence-corrected chi connectivity index (χ3v) is 8.09. The molecule has 6 nitrogen and oxygen atoms in total. The molecule has 1 fully saturated rings. The second-order valence-corrected chi connectivity index (χ2v) is 10.5. The van der Waals surface area contributed by atoms with Crippen molar-refractivity contribution in [2.24, 2.45) is 0 Å². The second-order valence-electron chi connectivity index (χ2n) is 8.60. The van der Waals surface area contributed by atoms with E-state index >= 15 is 0 Å². The lowest BCUT2D eigenvalue weighted by atomic mass is 10.0. The second kappa shape index (κ2) is 7.80. The minimum atomic E-state index is -3.64. The van der Waals surface area contributed by atoms with Crippen molar-refractivity contribution in [1.29, 1.82) is 0 Å². The summed E-state index contributed by atoms with van der Waals surface area (Å²) in [5.41, 5.74) is 6.49. The highest BCUT2D eigenvalue weighted by molar-refractivity contribution is 7.89. The molecule has 31 heavy (non-hydrogen) atoms. The number of likely N-dealkylation sites (N-methyl/N-ethyl adjacent to an activating group) is 1. The molecule has 164 valence electrons. The molecule has 0 atom stereocenters. The maximum Gasteiger partial charge on any atom is 0.258 e. The maximum atomic E-state index is 13.4. The lowest BCUT2D eigenvalue weighted by Crippen LogP contribution is -2.48. The monoisotopic (exact) mass is 439 g/mol. The molecule has 0 unspecified atom stereocenters. The summed E-state index contributed by atoms with van der Waals surface area (Å²) in [5.74, 6) is -0.0910. The quantitative estimate of drug-likeness (QED) is 0.686. The van der Waals surface area contributed by atoms with E-state index in [-0.39, 0.29) is 10.8 Å². The summed E-state index contributed by atoms with van der Waals surface area (Å²) < 4.78 is 28.3. The van der Waals surface area contributed by atoms with Gasteiger partial charge in [0.15, 0.2) is 0 Å². The van der Waals surface area contributed by atoms with E-state index in [0.29, 0.717) is 37.3 Å². The number of benzene rings is 2. The Balaban J connectivity index is 1.59. The number of carbonyl (C=O) groups is 1. The number of rotatable bonds is 3. The summed E-state index contributed by atoms with van der Waals surface area (Å²) in [6.45, 7) is 10.1. The Bertz CT molecular complexity index is 1190. The molecular weight excluding hydrogens is 410 g/mol. The van der Waals surface area contributed by atoms with Crippen molar-refractivity contribution in [2.45, 2.75) is 32.6 Å². The average molecular weight is 440 g/mol. The molecule has 2 aromatic rings. The van der Waals surface area contributed by atoms with Crippen LogP contribution < -0.4 is 9.80 Å². The Kier molecular flexibility index (Phi) is 5.43. The molecule has 0 bridgehead atoms. The zero-order valence-electron chi connectivity index (χ0n) is 18.8. The summed E-state index contributed by atoms with van der Waals surface area (Å²) in [7, 11) is -1.92. The third-order valence-electron chi connectivity index (χ3n) is 6.20. The van der Waals surface area contributed by atoms with E-state index in [1.807, 2.05) is 13.8 Å². The fourth-order valence-electron chi connectivity index (χ4n) is 4.42. The normalized spacial score (nSPS) is 17.3. The Morgan fingerprint density at radius 3 is 2.23 bits per heavy atom. The van der Waals surface area contributed by atoms with E-state index in [0.717, 1.165) is 11.3 Å². The Hall–Kier alpha value is -2.64. The first-order chi connectivity index (χ1) is 14.6. The van der Waals surface area contributed by atoms with Gasteiger partial charge < -0.3 is 9.80 Å². The van der Waals surface area contributed by atoms with Crippen molar-refractivity contribution in [3.63, 3.8) is 0 Å². The molecule has 4 rings (SSSR count). The van der Waals surface area contributed by atoms with Crippen molar-refractivity contribution in [2.75, 3.05) is 43.0 Å². The van der Waals surface area contributed by atoms with Crippen LogP contribution in [0.1, 0.15) is 30.5 Å². The van der Waals surface area contributed by atoms with Crippen LogP contribution in [0.4, 0.5) is 11.4 Å². The summed E-state index contributed by atoms with van der Waals surface area (Å²) >= 11 is 0. The molecular formula is C24H29N3O3S. The van der Waals surface area contributed by atoms with Crippen molar-refractivity contribution in [1.82, 2.24) is 4.31 Å². The van der Waals surface area contributed by atoms with Crippen LogP contribution in [0.3, 0.4) is 0 Å². The van der Waals surface area contributed by atoms with Gasteiger partial charge in [-0.15, -0.1) is 0 Å². The van der Waals surface area contributed by atoms with E-state index < -0.39 is 10.0 Å². The fourth-order valence-corrected chi connectivity index (χ4v) is 5.87. The van der Waals surface area contributed by atoms with Crippen LogP contribution in [0, 0.1) is 13.8 Å². The molecule has 2 aliphatic heterocycles. The van der Waals surface area contributed by atoms with Crippen LogP contribution in [0.25, 0.3) is 5.57 Å². The Labute approximate surface area is 184 Å². The molecule has 1 saturated heterocycles. The predicted octanol–water partition coefficient (Wildman–Crippen LogP) is 3.58. The number of hydrogen-bond acceptors (Lipinski definition) is 4. The zero-order valence-corrected chi connectivity index (χ0v) is 19.6. The summed E-state index contributed by atoms with van der Waals surface area (Å²) in [5, 5.41) is 0. The van der Waals surface area contributed by atoms with E-state index in [9.17, 15) is 13.2 Å². The standard InChI is InChI=1S/C24H29N3O3S/c1-16(2)23-20-15-19(8-9-21(20)25(5)24(23)28)31(29,30)27-12-10-26(11-13-27)22-14-17(3)6-7-18(22)4/h6-9,14-15H,10-13H2,1-5H3. The maximum absolute atomic E-state index is 13.4. The number of anilines is 2. The van der Waals surface area contributed by atoms with E-state index in [1.165, 1.54) is 16.8 Å². The van der Waals surface area contributed by atoms with E-state index in [1.54, 1.807) is 34.5 Å². The molecule has 1 amide bonds. The van der Waals surface area contributed by atoms with Crippen molar-refractivity contribution in [3.05, 3.63) is 58.7 Å². The molecule has 0 saturated carbocycles. The van der Waals surface area contributed by atoms with Gasteiger partial charge in [0.1, 0.15) is 0 Å². The van der Waals surface area contributed by atoms with Crippen LogP contribution in [-0.4, -0.2) is 51.9 Å². The van der Waals surface area contributed by atoms with Crippen molar-refractivity contribution < 1.29 is 13.2 Å². The average Bonchev–Trinajstić information content (AvgIpc) is 3.00. The van der Waals surface area contributed by atoms with Crippen LogP contribution >= 0.6 is 0 Å². The van der Waals surface area contributed by atoms with Gasteiger partial charge >= 0.3 is 0 Å². The highest BCUT2D eigenvalue weighted by Crippen LogP contribution is 2.39. The van der Waals surface area contributed by atoms with Crippen LogP contribution in [0.2, 0.25) is 0 Å². The smallest absolute Gasteiger partial charge is 0.258 e. The van der Waals surface area contributed by atoms with Crippen LogP contribution in [0.5, 0.6) is 0 Å². The molecule has 7 heteroatoms. The molecule has 0 aromatic heterocycles. The van der Waals surface area contributed by atoms with Gasteiger partial charge in [0.25, 0.3) is 5.91 Å². The molecule has 2 aliphatic rings. The third kappa shape index (κ3) is 3.66. The van der Waals surface area contributed by atoms with Gasteiger partial charge in [-0.25, -0.2) is 8.42 Å². The number of fused-ring (bicyclic) bond motifs is 1. The molecule has 0 radical (unpaired) electrons. The number of hydrogen-bond donors (Lipinski definition) is 0. The van der Waals surface area contributed by atoms with Gasteiger partial charge in [-0.2, -0.15) is 4.31 Å². The SMILES string of the molecule is CC(C)=C1C(=O)N(C)c2ccc(S(=O)(=O)N3CCN(c4cc(C)ccc4C)CC3)cc21. The lowest BCUT2D eigenvalue weighted by molar-refractivity contribution is -0.112. The number of piperazine rings is 1. The van der Waals surface area contributed by atoms with Gasteiger partial charge in [-0.05, 0) is 63.1 Å².